The Balaban J connectivity index is 1.60. The van der Waals surface area contributed by atoms with E-state index in [9.17, 15) is 14.9 Å². The van der Waals surface area contributed by atoms with Crippen LogP contribution in [0.15, 0.2) is 47.6 Å². The number of nitro groups is 1. The van der Waals surface area contributed by atoms with Crippen molar-refractivity contribution in [3.05, 3.63) is 69.3 Å². The van der Waals surface area contributed by atoms with Gasteiger partial charge in [-0.3, -0.25) is 14.9 Å². The first-order chi connectivity index (χ1) is 12.5. The summed E-state index contributed by atoms with van der Waals surface area (Å²) in [6.45, 7) is 1.54. The molecule has 0 unspecified atom stereocenters. The van der Waals surface area contributed by atoms with Gasteiger partial charge in [0, 0.05) is 23.1 Å². The standard InChI is InChI=1S/C18H17N3O4S/c1-12-16(3-2-4-17(12)21(23)24)18(22)20-19-9-13-5-7-14(8-6-13)25-15-10-26-11-15/h2-9,15H,10-11H2,1H3,(H,20,22)/b19-9-. The molecule has 1 N–H and O–H groups in total. The molecule has 2 aromatic carbocycles. The molecule has 1 aliphatic rings. The number of nitrogens with one attached hydrogen (secondary N) is 1. The highest BCUT2D eigenvalue weighted by Gasteiger charge is 2.19. The highest BCUT2D eigenvalue weighted by molar-refractivity contribution is 8.00. The molecule has 0 aliphatic carbocycles. The van der Waals surface area contributed by atoms with E-state index in [-0.39, 0.29) is 17.4 Å². The average Bonchev–Trinajstić information content (AvgIpc) is 2.59. The van der Waals surface area contributed by atoms with Crippen molar-refractivity contribution in [3.8, 4) is 5.75 Å². The van der Waals surface area contributed by atoms with Gasteiger partial charge in [0.1, 0.15) is 11.9 Å². The van der Waals surface area contributed by atoms with E-state index in [0.29, 0.717) is 5.56 Å². The number of hydrogen-bond donors (Lipinski definition) is 1. The van der Waals surface area contributed by atoms with Gasteiger partial charge in [0.2, 0.25) is 0 Å². The predicted octanol–water partition coefficient (Wildman–Crippen LogP) is 3.16. The Kier molecular flexibility index (Phi) is 5.52. The third kappa shape index (κ3) is 4.20. The first kappa shape index (κ1) is 17.9. The minimum atomic E-state index is -0.513. The number of carbonyl (C=O) groups excluding carboxylic acids is 1. The molecule has 2 aromatic rings. The van der Waals surface area contributed by atoms with Crippen LogP contribution in [0, 0.1) is 17.0 Å². The van der Waals surface area contributed by atoms with Gasteiger partial charge in [0.15, 0.2) is 0 Å². The molecule has 1 fully saturated rings. The monoisotopic (exact) mass is 371 g/mol. The second-order valence-electron chi connectivity index (χ2n) is 5.75. The first-order valence-electron chi connectivity index (χ1n) is 7.96. The molecule has 8 heteroatoms. The van der Waals surface area contributed by atoms with Crippen molar-refractivity contribution in [1.82, 2.24) is 5.43 Å². The molecule has 0 bridgehead atoms. The number of ether oxygens (including phenoxy) is 1. The second kappa shape index (κ2) is 8.01. The van der Waals surface area contributed by atoms with E-state index in [1.807, 2.05) is 36.0 Å². The van der Waals surface area contributed by atoms with Crippen molar-refractivity contribution in [2.45, 2.75) is 13.0 Å². The van der Waals surface area contributed by atoms with Crippen molar-refractivity contribution >= 4 is 29.6 Å². The summed E-state index contributed by atoms with van der Waals surface area (Å²) in [6.07, 6.45) is 1.80. The molecule has 3 rings (SSSR count). The number of carbonyl (C=O) groups is 1. The van der Waals surface area contributed by atoms with Gasteiger partial charge in [0.25, 0.3) is 11.6 Å². The summed E-state index contributed by atoms with van der Waals surface area (Å²) in [7, 11) is 0. The smallest absolute Gasteiger partial charge is 0.273 e. The number of hydrogen-bond acceptors (Lipinski definition) is 6. The molecule has 1 saturated heterocycles. The van der Waals surface area contributed by atoms with Crippen LogP contribution in [-0.2, 0) is 0 Å². The van der Waals surface area contributed by atoms with Gasteiger partial charge < -0.3 is 4.74 Å². The number of nitro benzene ring substituents is 1. The van der Waals surface area contributed by atoms with Crippen LogP contribution in [0.1, 0.15) is 21.5 Å². The van der Waals surface area contributed by atoms with Crippen LogP contribution >= 0.6 is 11.8 Å². The predicted molar refractivity (Wildman–Crippen MR) is 101 cm³/mol. The van der Waals surface area contributed by atoms with Gasteiger partial charge in [-0.15, -0.1) is 0 Å². The van der Waals surface area contributed by atoms with Crippen LogP contribution < -0.4 is 10.2 Å². The van der Waals surface area contributed by atoms with E-state index in [2.05, 4.69) is 10.5 Å². The minimum Gasteiger partial charge on any atom is -0.489 e. The van der Waals surface area contributed by atoms with Crippen LogP contribution in [0.3, 0.4) is 0 Å². The average molecular weight is 371 g/mol. The lowest BCUT2D eigenvalue weighted by Gasteiger charge is -2.25. The number of hydrazone groups is 1. The fourth-order valence-corrected chi connectivity index (χ4v) is 2.96. The summed E-state index contributed by atoms with van der Waals surface area (Å²) in [5.74, 6) is 2.35. The zero-order valence-corrected chi connectivity index (χ0v) is 14.9. The van der Waals surface area contributed by atoms with Crippen molar-refractivity contribution < 1.29 is 14.5 Å². The molecule has 0 aromatic heterocycles. The van der Waals surface area contributed by atoms with Crippen molar-refractivity contribution in [1.29, 1.82) is 0 Å². The maximum Gasteiger partial charge on any atom is 0.273 e. The van der Waals surface area contributed by atoms with Gasteiger partial charge in [-0.25, -0.2) is 5.43 Å². The Hall–Kier alpha value is -2.87. The quantitative estimate of drug-likeness (QED) is 0.478. The summed E-state index contributed by atoms with van der Waals surface area (Å²) < 4.78 is 5.76. The third-order valence-electron chi connectivity index (χ3n) is 3.92. The molecule has 1 amide bonds. The zero-order valence-electron chi connectivity index (χ0n) is 14.0. The topological polar surface area (TPSA) is 93.8 Å². The van der Waals surface area contributed by atoms with Gasteiger partial charge >= 0.3 is 0 Å². The van der Waals surface area contributed by atoms with Crippen LogP contribution in [0.2, 0.25) is 0 Å². The van der Waals surface area contributed by atoms with E-state index >= 15 is 0 Å². The van der Waals surface area contributed by atoms with Gasteiger partial charge in [-0.2, -0.15) is 16.9 Å². The van der Waals surface area contributed by atoms with Crippen molar-refractivity contribution in [3.63, 3.8) is 0 Å². The molecule has 7 nitrogen and oxygen atoms in total. The fourth-order valence-electron chi connectivity index (χ4n) is 2.40. The first-order valence-corrected chi connectivity index (χ1v) is 9.12. The second-order valence-corrected chi connectivity index (χ2v) is 6.83. The largest absolute Gasteiger partial charge is 0.489 e. The molecule has 0 saturated carbocycles. The Morgan fingerprint density at radius 1 is 1.31 bits per heavy atom. The summed E-state index contributed by atoms with van der Waals surface area (Å²) in [5.41, 5.74) is 3.63. The maximum absolute atomic E-state index is 12.2. The number of rotatable bonds is 6. The van der Waals surface area contributed by atoms with Crippen LogP contribution in [-0.4, -0.2) is 34.7 Å². The lowest BCUT2D eigenvalue weighted by atomic mass is 10.1. The number of thioether (sulfide) groups is 1. The van der Waals surface area contributed by atoms with Gasteiger partial charge in [-0.1, -0.05) is 6.07 Å². The van der Waals surface area contributed by atoms with E-state index in [0.717, 1.165) is 22.8 Å². The van der Waals surface area contributed by atoms with E-state index in [1.54, 1.807) is 0 Å². The van der Waals surface area contributed by atoms with Crippen molar-refractivity contribution in [2.75, 3.05) is 11.5 Å². The molecule has 26 heavy (non-hydrogen) atoms. The number of nitrogens with zero attached hydrogens (tertiary/aromatic N) is 2. The Morgan fingerprint density at radius 3 is 2.65 bits per heavy atom. The molecule has 0 radical (unpaired) electrons. The molecule has 0 atom stereocenters. The Morgan fingerprint density at radius 2 is 2.04 bits per heavy atom. The molecular formula is C18H17N3O4S. The normalized spacial score (nSPS) is 14.0. The highest BCUT2D eigenvalue weighted by Crippen LogP contribution is 2.24. The fraction of sp³-hybridized carbons (Fsp3) is 0.222. The summed E-state index contributed by atoms with van der Waals surface area (Å²) in [5, 5.41) is 14.9. The highest BCUT2D eigenvalue weighted by atomic mass is 32.2. The lowest BCUT2D eigenvalue weighted by molar-refractivity contribution is -0.385. The van der Waals surface area contributed by atoms with E-state index < -0.39 is 10.8 Å². The summed E-state index contributed by atoms with van der Waals surface area (Å²) in [6, 6.07) is 11.8. The third-order valence-corrected chi connectivity index (χ3v) is 5.13. The molecule has 134 valence electrons. The summed E-state index contributed by atoms with van der Waals surface area (Å²) in [4.78, 5) is 22.6. The molecule has 0 spiro atoms. The maximum atomic E-state index is 12.2. The lowest BCUT2D eigenvalue weighted by Crippen LogP contribution is -2.30. The molecule has 1 heterocycles. The minimum absolute atomic E-state index is 0.0953. The van der Waals surface area contributed by atoms with Gasteiger partial charge in [0.05, 0.1) is 16.7 Å². The Labute approximate surface area is 154 Å². The van der Waals surface area contributed by atoms with Crippen molar-refractivity contribution in [2.24, 2.45) is 5.10 Å². The van der Waals surface area contributed by atoms with E-state index in [4.69, 9.17) is 4.74 Å². The molecule has 1 aliphatic heterocycles. The Bertz CT molecular complexity index is 848. The summed E-state index contributed by atoms with van der Waals surface area (Å²) >= 11 is 1.86. The van der Waals surface area contributed by atoms with Gasteiger partial charge in [-0.05, 0) is 42.8 Å². The number of amides is 1. The molecular weight excluding hydrogens is 354 g/mol. The van der Waals surface area contributed by atoms with E-state index in [1.165, 1.54) is 31.3 Å². The van der Waals surface area contributed by atoms with Crippen LogP contribution in [0.5, 0.6) is 5.75 Å². The zero-order chi connectivity index (χ0) is 18.5. The van der Waals surface area contributed by atoms with Crippen LogP contribution in [0.4, 0.5) is 5.69 Å². The number of benzene rings is 2. The van der Waals surface area contributed by atoms with Crippen LogP contribution in [0.25, 0.3) is 0 Å². The SMILES string of the molecule is Cc1c(C(=O)N/N=C\c2ccc(OC3CSC3)cc2)cccc1[N+](=O)[O-].